The van der Waals surface area contributed by atoms with E-state index < -0.39 is 5.91 Å². The summed E-state index contributed by atoms with van der Waals surface area (Å²) in [4.78, 5) is 15.1. The smallest absolute Gasteiger partial charge is 0.224 e. The molecule has 0 saturated carbocycles. The number of halogens is 1. The van der Waals surface area contributed by atoms with Crippen LogP contribution in [0.15, 0.2) is 17.5 Å². The van der Waals surface area contributed by atoms with Crippen LogP contribution in [-0.2, 0) is 11.2 Å². The largest absolute Gasteiger partial charge is 0.503 e. The zero-order chi connectivity index (χ0) is 14.0. The first-order chi connectivity index (χ1) is 9.01. The van der Waals surface area contributed by atoms with Crippen molar-refractivity contribution in [2.24, 2.45) is 5.73 Å². The molecule has 3 N–H and O–H groups in total. The van der Waals surface area contributed by atoms with Crippen molar-refractivity contribution in [2.45, 2.75) is 6.42 Å². The Hall–Kier alpha value is -1.79. The normalized spacial score (nSPS) is 10.4. The minimum Gasteiger partial charge on any atom is -0.503 e. The fraction of sp³-hybridized carbons (Fsp3) is 0.167. The number of methoxy groups -OCH3 is 1. The fourth-order valence-corrected chi connectivity index (χ4v) is 2.57. The Balaban J connectivity index is 2.39. The lowest BCUT2D eigenvalue weighted by molar-refractivity contribution is -0.117. The number of phenols is 1. The highest BCUT2D eigenvalue weighted by Gasteiger charge is 2.13. The van der Waals surface area contributed by atoms with Gasteiger partial charge in [0, 0.05) is 10.9 Å². The van der Waals surface area contributed by atoms with Crippen molar-refractivity contribution in [3.05, 3.63) is 27.5 Å². The van der Waals surface area contributed by atoms with Crippen LogP contribution in [0.1, 0.15) is 5.01 Å². The van der Waals surface area contributed by atoms with Crippen LogP contribution in [0.5, 0.6) is 11.5 Å². The zero-order valence-electron chi connectivity index (χ0n) is 10.0. The number of nitrogens with two attached hydrogens (primary N) is 1. The van der Waals surface area contributed by atoms with E-state index in [1.54, 1.807) is 17.5 Å². The van der Waals surface area contributed by atoms with Crippen LogP contribution in [0.2, 0.25) is 5.02 Å². The van der Waals surface area contributed by atoms with Crippen LogP contribution in [0.4, 0.5) is 0 Å². The first kappa shape index (κ1) is 13.6. The molecular weight excluding hydrogens is 288 g/mol. The van der Waals surface area contributed by atoms with Gasteiger partial charge in [-0.1, -0.05) is 11.6 Å². The van der Waals surface area contributed by atoms with Crippen LogP contribution in [0.25, 0.3) is 11.3 Å². The van der Waals surface area contributed by atoms with E-state index in [0.29, 0.717) is 16.3 Å². The molecule has 19 heavy (non-hydrogen) atoms. The highest BCUT2D eigenvalue weighted by Crippen LogP contribution is 2.38. The van der Waals surface area contributed by atoms with E-state index in [-0.39, 0.29) is 22.9 Å². The number of hydrogen-bond donors (Lipinski definition) is 2. The number of phenolic OH excluding ortho intramolecular Hbond substituents is 1. The molecule has 0 aliphatic carbocycles. The quantitative estimate of drug-likeness (QED) is 0.906. The van der Waals surface area contributed by atoms with Gasteiger partial charge < -0.3 is 15.6 Å². The van der Waals surface area contributed by atoms with Gasteiger partial charge in [-0.2, -0.15) is 0 Å². The van der Waals surface area contributed by atoms with Crippen LogP contribution in [0, 0.1) is 0 Å². The van der Waals surface area contributed by atoms with Gasteiger partial charge in [0.05, 0.1) is 24.2 Å². The molecule has 1 heterocycles. The van der Waals surface area contributed by atoms with Crippen LogP contribution in [0.3, 0.4) is 0 Å². The number of hydrogen-bond acceptors (Lipinski definition) is 5. The van der Waals surface area contributed by atoms with Gasteiger partial charge in [0.25, 0.3) is 0 Å². The summed E-state index contributed by atoms with van der Waals surface area (Å²) in [6.45, 7) is 0. The molecule has 0 unspecified atom stereocenters. The predicted molar refractivity (Wildman–Crippen MR) is 73.7 cm³/mol. The number of benzene rings is 1. The molecule has 0 bridgehead atoms. The lowest BCUT2D eigenvalue weighted by Gasteiger charge is -2.07. The maximum atomic E-state index is 10.8. The Morgan fingerprint density at radius 3 is 2.95 bits per heavy atom. The van der Waals surface area contributed by atoms with Gasteiger partial charge in [-0.05, 0) is 12.1 Å². The first-order valence-corrected chi connectivity index (χ1v) is 6.56. The van der Waals surface area contributed by atoms with Crippen molar-refractivity contribution in [3.8, 4) is 22.8 Å². The predicted octanol–water partition coefficient (Wildman–Crippen LogP) is 2.21. The third kappa shape index (κ3) is 2.97. The SMILES string of the molecule is COc1cc(-c2csc(CC(N)=O)n2)cc(Cl)c1O. The summed E-state index contributed by atoms with van der Waals surface area (Å²) in [5, 5.41) is 12.3. The van der Waals surface area contributed by atoms with Gasteiger partial charge >= 0.3 is 0 Å². The molecule has 0 radical (unpaired) electrons. The van der Waals surface area contributed by atoms with Gasteiger partial charge in [0.2, 0.25) is 5.91 Å². The van der Waals surface area contributed by atoms with E-state index in [9.17, 15) is 9.90 Å². The lowest BCUT2D eigenvalue weighted by atomic mass is 10.1. The number of primary amides is 1. The Bertz CT molecular complexity index is 627. The van der Waals surface area contributed by atoms with E-state index in [2.05, 4.69) is 4.98 Å². The second-order valence-electron chi connectivity index (χ2n) is 3.78. The monoisotopic (exact) mass is 298 g/mol. The highest BCUT2D eigenvalue weighted by molar-refractivity contribution is 7.10. The molecule has 1 amide bonds. The first-order valence-electron chi connectivity index (χ1n) is 5.31. The fourth-order valence-electron chi connectivity index (χ4n) is 1.55. The highest BCUT2D eigenvalue weighted by atomic mass is 35.5. The average molecular weight is 299 g/mol. The molecule has 0 fully saturated rings. The number of rotatable bonds is 4. The van der Waals surface area contributed by atoms with E-state index in [0.717, 1.165) is 0 Å². The maximum Gasteiger partial charge on any atom is 0.224 e. The Labute approximate surface area is 118 Å². The topological polar surface area (TPSA) is 85.4 Å². The number of amides is 1. The van der Waals surface area contributed by atoms with Crippen molar-refractivity contribution in [1.29, 1.82) is 0 Å². The number of carbonyl (C=O) groups excluding carboxylic acids is 1. The molecule has 0 atom stereocenters. The molecule has 100 valence electrons. The van der Waals surface area contributed by atoms with Gasteiger partial charge in [0.1, 0.15) is 5.01 Å². The number of nitrogens with zero attached hydrogens (tertiary/aromatic N) is 1. The minimum absolute atomic E-state index is 0.105. The van der Waals surface area contributed by atoms with Crippen LogP contribution in [-0.4, -0.2) is 23.1 Å². The van der Waals surface area contributed by atoms with Gasteiger partial charge in [-0.3, -0.25) is 4.79 Å². The Morgan fingerprint density at radius 1 is 1.58 bits per heavy atom. The molecule has 0 aliphatic rings. The van der Waals surface area contributed by atoms with Gasteiger partial charge in [0.15, 0.2) is 11.5 Å². The van der Waals surface area contributed by atoms with Crippen molar-refractivity contribution >= 4 is 28.8 Å². The second kappa shape index (κ2) is 5.46. The maximum absolute atomic E-state index is 10.8. The zero-order valence-corrected chi connectivity index (χ0v) is 11.6. The van der Waals surface area contributed by atoms with Crippen molar-refractivity contribution < 1.29 is 14.6 Å². The Kier molecular flexibility index (Phi) is 3.92. The number of aromatic nitrogens is 1. The summed E-state index contributed by atoms with van der Waals surface area (Å²) in [6.07, 6.45) is 0.105. The summed E-state index contributed by atoms with van der Waals surface area (Å²) in [5.74, 6) is -0.269. The summed E-state index contributed by atoms with van der Waals surface area (Å²) < 4.78 is 5.03. The second-order valence-corrected chi connectivity index (χ2v) is 5.13. The van der Waals surface area contributed by atoms with Crippen molar-refractivity contribution in [3.63, 3.8) is 0 Å². The lowest BCUT2D eigenvalue weighted by Crippen LogP contribution is -2.13. The van der Waals surface area contributed by atoms with Crippen molar-refractivity contribution in [2.75, 3.05) is 7.11 Å². The molecule has 2 rings (SSSR count). The number of thiazole rings is 1. The molecule has 1 aromatic heterocycles. The molecule has 0 saturated heterocycles. The van der Waals surface area contributed by atoms with Crippen LogP contribution < -0.4 is 10.5 Å². The molecule has 2 aromatic rings. The molecule has 5 nitrogen and oxygen atoms in total. The third-order valence-corrected chi connectivity index (χ3v) is 3.56. The van der Waals surface area contributed by atoms with E-state index in [1.807, 2.05) is 0 Å². The molecule has 0 aliphatic heterocycles. The number of aromatic hydroxyl groups is 1. The summed E-state index contributed by atoms with van der Waals surface area (Å²) in [7, 11) is 1.44. The molecule has 0 spiro atoms. The average Bonchev–Trinajstić information content (AvgIpc) is 2.80. The number of carbonyl (C=O) groups is 1. The standard InChI is InChI=1S/C12H11ClN2O3S/c1-18-9-3-6(2-7(13)12(9)17)8-5-19-11(15-8)4-10(14)16/h2-3,5,17H,4H2,1H3,(H2,14,16). The number of ether oxygens (including phenoxy) is 1. The van der Waals surface area contributed by atoms with Crippen molar-refractivity contribution in [1.82, 2.24) is 4.98 Å². The summed E-state index contributed by atoms with van der Waals surface area (Å²) in [5.41, 5.74) is 6.47. The molecular formula is C12H11ClN2O3S. The van der Waals surface area contributed by atoms with E-state index >= 15 is 0 Å². The third-order valence-electron chi connectivity index (χ3n) is 2.42. The van der Waals surface area contributed by atoms with E-state index in [1.165, 1.54) is 18.4 Å². The Morgan fingerprint density at radius 2 is 2.32 bits per heavy atom. The summed E-state index contributed by atoms with van der Waals surface area (Å²) in [6, 6.07) is 3.22. The minimum atomic E-state index is -0.429. The van der Waals surface area contributed by atoms with Gasteiger partial charge in [-0.25, -0.2) is 4.98 Å². The molecule has 7 heteroatoms. The van der Waals surface area contributed by atoms with Gasteiger partial charge in [-0.15, -0.1) is 11.3 Å². The molecule has 1 aromatic carbocycles. The van der Waals surface area contributed by atoms with E-state index in [4.69, 9.17) is 22.1 Å². The van der Waals surface area contributed by atoms with Crippen LogP contribution >= 0.6 is 22.9 Å². The summed E-state index contributed by atoms with van der Waals surface area (Å²) >= 11 is 7.25.